The van der Waals surface area contributed by atoms with Crippen molar-refractivity contribution in [1.29, 1.82) is 0 Å². The molecule has 0 radical (unpaired) electrons. The Kier molecular flexibility index (Phi) is 4.95. The molecule has 0 saturated carbocycles. The van der Waals surface area contributed by atoms with E-state index in [0.717, 1.165) is 0 Å². The molecule has 0 spiro atoms. The Morgan fingerprint density at radius 3 is 2.00 bits per heavy atom. The topological polar surface area (TPSA) is 26.3 Å². The molecule has 0 aliphatic carbocycles. The highest BCUT2D eigenvalue weighted by Gasteiger charge is 2.13. The van der Waals surface area contributed by atoms with E-state index < -0.39 is 0 Å². The minimum absolute atomic E-state index is 0.0382. The summed E-state index contributed by atoms with van der Waals surface area (Å²) in [6, 6.07) is 0. The predicted molar refractivity (Wildman–Crippen MR) is 49.8 cm³/mol. The lowest BCUT2D eigenvalue weighted by Crippen LogP contribution is -2.20. The number of hydrogen-bond donors (Lipinski definition) is 0. The third-order valence-corrected chi connectivity index (χ3v) is 1.83. The summed E-state index contributed by atoms with van der Waals surface area (Å²) in [4.78, 5) is 11.1. The van der Waals surface area contributed by atoms with Crippen molar-refractivity contribution in [3.05, 3.63) is 0 Å². The van der Waals surface area contributed by atoms with Crippen LogP contribution >= 0.6 is 0 Å². The quantitative estimate of drug-likeness (QED) is 0.609. The highest BCUT2D eigenvalue weighted by atomic mass is 16.5. The first-order valence-corrected chi connectivity index (χ1v) is 4.63. The fourth-order valence-electron chi connectivity index (χ4n) is 0.725. The lowest BCUT2D eigenvalue weighted by atomic mass is 10.1. The first-order chi connectivity index (χ1) is 5.43. The molecular weight excluding hydrogens is 152 g/mol. The van der Waals surface area contributed by atoms with Crippen LogP contribution in [0.2, 0.25) is 0 Å². The average molecular weight is 172 g/mol. The van der Waals surface area contributed by atoms with Gasteiger partial charge >= 0.3 is 5.97 Å². The van der Waals surface area contributed by atoms with E-state index >= 15 is 0 Å². The normalized spacial score (nSPS) is 13.6. The molecule has 0 heterocycles. The Hall–Kier alpha value is -0.530. The van der Waals surface area contributed by atoms with E-state index in [-0.39, 0.29) is 12.1 Å². The lowest BCUT2D eigenvalue weighted by molar-refractivity contribution is -0.151. The fraction of sp³-hybridized carbons (Fsp3) is 0.900. The standard InChI is InChI=1S/C10H20O2/c1-7(2)6-10(11)12-9(5)8(3)4/h7-9H,6H2,1-5H3/t9-/m0/s1. The minimum atomic E-state index is -0.0776. The predicted octanol–water partition coefficient (Wildman–Crippen LogP) is 2.62. The summed E-state index contributed by atoms with van der Waals surface area (Å²) in [6.45, 7) is 10.1. The molecule has 0 aliphatic heterocycles. The average Bonchev–Trinajstić information content (AvgIpc) is 1.84. The summed E-state index contributed by atoms with van der Waals surface area (Å²) < 4.78 is 5.18. The Labute approximate surface area is 75.3 Å². The summed E-state index contributed by atoms with van der Waals surface area (Å²) in [5, 5.41) is 0. The van der Waals surface area contributed by atoms with Gasteiger partial charge in [-0.15, -0.1) is 0 Å². The Bertz CT molecular complexity index is 139. The Balaban J connectivity index is 3.69. The van der Waals surface area contributed by atoms with Crippen LogP contribution in [0.15, 0.2) is 0 Å². The maximum atomic E-state index is 11.1. The van der Waals surface area contributed by atoms with Crippen LogP contribution in [0.1, 0.15) is 41.0 Å². The van der Waals surface area contributed by atoms with Crippen molar-refractivity contribution in [2.45, 2.75) is 47.1 Å². The van der Waals surface area contributed by atoms with Gasteiger partial charge in [0.2, 0.25) is 0 Å². The molecule has 0 aromatic heterocycles. The third-order valence-electron chi connectivity index (χ3n) is 1.83. The van der Waals surface area contributed by atoms with Gasteiger partial charge in [0.25, 0.3) is 0 Å². The monoisotopic (exact) mass is 172 g/mol. The van der Waals surface area contributed by atoms with E-state index in [1.807, 2.05) is 34.6 Å². The molecule has 0 rings (SSSR count). The molecule has 12 heavy (non-hydrogen) atoms. The molecule has 0 N–H and O–H groups in total. The molecule has 0 saturated heterocycles. The van der Waals surface area contributed by atoms with Gasteiger partial charge in [-0.05, 0) is 18.8 Å². The minimum Gasteiger partial charge on any atom is -0.462 e. The van der Waals surface area contributed by atoms with E-state index in [1.165, 1.54) is 0 Å². The van der Waals surface area contributed by atoms with E-state index in [9.17, 15) is 4.79 Å². The van der Waals surface area contributed by atoms with Crippen LogP contribution in [0.4, 0.5) is 0 Å². The SMILES string of the molecule is CC(C)CC(=O)O[C@@H](C)C(C)C. The molecule has 0 aromatic carbocycles. The van der Waals surface area contributed by atoms with Gasteiger partial charge in [-0.2, -0.15) is 0 Å². The van der Waals surface area contributed by atoms with Crippen LogP contribution in [-0.2, 0) is 9.53 Å². The van der Waals surface area contributed by atoms with E-state index in [0.29, 0.717) is 18.3 Å². The first-order valence-electron chi connectivity index (χ1n) is 4.63. The van der Waals surface area contributed by atoms with Crippen LogP contribution in [0, 0.1) is 11.8 Å². The third kappa shape index (κ3) is 5.16. The van der Waals surface area contributed by atoms with Crippen LogP contribution in [-0.4, -0.2) is 12.1 Å². The van der Waals surface area contributed by atoms with Crippen molar-refractivity contribution in [2.24, 2.45) is 11.8 Å². The number of carbonyl (C=O) groups is 1. The molecule has 2 nitrogen and oxygen atoms in total. The van der Waals surface area contributed by atoms with Crippen molar-refractivity contribution in [3.63, 3.8) is 0 Å². The van der Waals surface area contributed by atoms with Gasteiger partial charge in [-0.25, -0.2) is 0 Å². The van der Waals surface area contributed by atoms with Crippen LogP contribution < -0.4 is 0 Å². The van der Waals surface area contributed by atoms with Crippen LogP contribution in [0.5, 0.6) is 0 Å². The molecule has 0 unspecified atom stereocenters. The van der Waals surface area contributed by atoms with E-state index in [1.54, 1.807) is 0 Å². The highest BCUT2D eigenvalue weighted by Crippen LogP contribution is 2.08. The maximum Gasteiger partial charge on any atom is 0.306 e. The van der Waals surface area contributed by atoms with Gasteiger partial charge < -0.3 is 4.74 Å². The van der Waals surface area contributed by atoms with E-state index in [2.05, 4.69) is 0 Å². The number of rotatable bonds is 4. The molecule has 72 valence electrons. The van der Waals surface area contributed by atoms with Crippen molar-refractivity contribution in [2.75, 3.05) is 0 Å². The second-order valence-electron chi connectivity index (χ2n) is 4.04. The zero-order valence-electron chi connectivity index (χ0n) is 8.76. The van der Waals surface area contributed by atoms with Crippen molar-refractivity contribution in [1.82, 2.24) is 0 Å². The second kappa shape index (κ2) is 5.18. The van der Waals surface area contributed by atoms with Gasteiger partial charge in [0, 0.05) is 6.42 Å². The van der Waals surface area contributed by atoms with Gasteiger partial charge in [0.15, 0.2) is 0 Å². The number of esters is 1. The van der Waals surface area contributed by atoms with Gasteiger partial charge in [-0.3, -0.25) is 4.79 Å². The summed E-state index contributed by atoms with van der Waals surface area (Å²) in [5.74, 6) is 0.712. The Morgan fingerprint density at radius 2 is 1.67 bits per heavy atom. The summed E-state index contributed by atoms with van der Waals surface area (Å²) in [5.41, 5.74) is 0. The molecule has 0 aromatic rings. The van der Waals surface area contributed by atoms with Crippen molar-refractivity contribution < 1.29 is 9.53 Å². The van der Waals surface area contributed by atoms with Crippen LogP contribution in [0.25, 0.3) is 0 Å². The first kappa shape index (κ1) is 11.5. The molecule has 0 aliphatic rings. The second-order valence-corrected chi connectivity index (χ2v) is 4.04. The lowest BCUT2D eigenvalue weighted by Gasteiger charge is -2.17. The summed E-state index contributed by atoms with van der Waals surface area (Å²) in [6.07, 6.45) is 0.563. The number of carbonyl (C=O) groups excluding carboxylic acids is 1. The molecule has 0 bridgehead atoms. The molecule has 1 atom stereocenters. The number of hydrogen-bond acceptors (Lipinski definition) is 2. The smallest absolute Gasteiger partial charge is 0.306 e. The number of ether oxygens (including phenoxy) is 1. The molecule has 0 amide bonds. The van der Waals surface area contributed by atoms with Gasteiger partial charge in [0.05, 0.1) is 0 Å². The van der Waals surface area contributed by atoms with E-state index in [4.69, 9.17) is 4.74 Å². The zero-order chi connectivity index (χ0) is 9.72. The highest BCUT2D eigenvalue weighted by molar-refractivity contribution is 5.69. The van der Waals surface area contributed by atoms with Crippen LogP contribution in [0.3, 0.4) is 0 Å². The fourth-order valence-corrected chi connectivity index (χ4v) is 0.725. The molecular formula is C10H20O2. The summed E-state index contributed by atoms with van der Waals surface area (Å²) >= 11 is 0. The molecule has 2 heteroatoms. The van der Waals surface area contributed by atoms with Crippen molar-refractivity contribution >= 4 is 5.97 Å². The Morgan fingerprint density at radius 1 is 1.17 bits per heavy atom. The summed E-state index contributed by atoms with van der Waals surface area (Å²) in [7, 11) is 0. The van der Waals surface area contributed by atoms with Crippen molar-refractivity contribution in [3.8, 4) is 0 Å². The maximum absolute atomic E-state index is 11.1. The molecule has 0 fully saturated rings. The largest absolute Gasteiger partial charge is 0.462 e. The zero-order valence-corrected chi connectivity index (χ0v) is 8.76. The van der Waals surface area contributed by atoms with Gasteiger partial charge in [0.1, 0.15) is 6.10 Å². The van der Waals surface area contributed by atoms with Gasteiger partial charge in [-0.1, -0.05) is 27.7 Å².